The highest BCUT2D eigenvalue weighted by molar-refractivity contribution is 4.81. The van der Waals surface area contributed by atoms with Crippen LogP contribution in [0.4, 0.5) is 0 Å². The highest BCUT2D eigenvalue weighted by atomic mass is 16.5. The number of methoxy groups -OCH3 is 2. The second-order valence-electron chi connectivity index (χ2n) is 4.13. The number of tetrazole rings is 1. The van der Waals surface area contributed by atoms with Crippen molar-refractivity contribution in [1.82, 2.24) is 25.5 Å². The van der Waals surface area contributed by atoms with Crippen LogP contribution in [-0.4, -0.2) is 53.2 Å². The van der Waals surface area contributed by atoms with Gasteiger partial charge in [-0.3, -0.25) is 0 Å². The molecule has 1 N–H and O–H groups in total. The first-order valence-corrected chi connectivity index (χ1v) is 5.67. The lowest BCUT2D eigenvalue weighted by Gasteiger charge is -2.15. The molecular formula is C10H21N5O2. The number of ether oxygens (including phenoxy) is 2. The van der Waals surface area contributed by atoms with Gasteiger partial charge in [-0.1, -0.05) is 13.8 Å². The van der Waals surface area contributed by atoms with E-state index in [0.29, 0.717) is 25.7 Å². The first kappa shape index (κ1) is 14.0. The summed E-state index contributed by atoms with van der Waals surface area (Å²) in [6.45, 7) is 5.92. The second kappa shape index (κ2) is 7.31. The van der Waals surface area contributed by atoms with Crippen LogP contribution in [0.25, 0.3) is 0 Å². The SMILES string of the molecule is COCC(Cn1nnnc1CNC(C)C)OC. The number of hydrogen-bond acceptors (Lipinski definition) is 6. The van der Waals surface area contributed by atoms with E-state index >= 15 is 0 Å². The van der Waals surface area contributed by atoms with E-state index in [0.717, 1.165) is 5.82 Å². The van der Waals surface area contributed by atoms with Crippen molar-refractivity contribution >= 4 is 0 Å². The largest absolute Gasteiger partial charge is 0.382 e. The molecule has 0 aromatic carbocycles. The smallest absolute Gasteiger partial charge is 0.165 e. The first-order valence-electron chi connectivity index (χ1n) is 5.67. The number of aromatic nitrogens is 4. The van der Waals surface area contributed by atoms with E-state index in [1.54, 1.807) is 18.9 Å². The first-order chi connectivity index (χ1) is 8.17. The van der Waals surface area contributed by atoms with Gasteiger partial charge < -0.3 is 14.8 Å². The van der Waals surface area contributed by atoms with Crippen LogP contribution in [0.1, 0.15) is 19.7 Å². The molecule has 0 radical (unpaired) electrons. The molecule has 0 aliphatic heterocycles. The van der Waals surface area contributed by atoms with Crippen LogP contribution >= 0.6 is 0 Å². The predicted octanol–water partition coefficient (Wildman–Crippen LogP) is -0.167. The van der Waals surface area contributed by atoms with Crippen LogP contribution in [0.2, 0.25) is 0 Å². The van der Waals surface area contributed by atoms with Gasteiger partial charge in [0.2, 0.25) is 0 Å². The Morgan fingerprint density at radius 1 is 1.35 bits per heavy atom. The van der Waals surface area contributed by atoms with Crippen LogP contribution in [0, 0.1) is 0 Å². The third-order valence-corrected chi connectivity index (χ3v) is 2.34. The summed E-state index contributed by atoms with van der Waals surface area (Å²) < 4.78 is 12.1. The normalized spacial score (nSPS) is 13.2. The van der Waals surface area contributed by atoms with Crippen molar-refractivity contribution < 1.29 is 9.47 Å². The van der Waals surface area contributed by atoms with Crippen molar-refractivity contribution in [1.29, 1.82) is 0 Å². The van der Waals surface area contributed by atoms with Crippen molar-refractivity contribution in [2.24, 2.45) is 0 Å². The highest BCUT2D eigenvalue weighted by Gasteiger charge is 2.13. The maximum Gasteiger partial charge on any atom is 0.165 e. The number of nitrogens with one attached hydrogen (secondary N) is 1. The Bertz CT molecular complexity index is 315. The highest BCUT2D eigenvalue weighted by Crippen LogP contribution is 1.99. The van der Waals surface area contributed by atoms with Crippen molar-refractivity contribution in [3.63, 3.8) is 0 Å². The van der Waals surface area contributed by atoms with Crippen molar-refractivity contribution in [3.8, 4) is 0 Å². The van der Waals surface area contributed by atoms with Crippen molar-refractivity contribution in [3.05, 3.63) is 5.82 Å². The van der Waals surface area contributed by atoms with Gasteiger partial charge in [0.05, 0.1) is 19.7 Å². The molecule has 0 bridgehead atoms. The standard InChI is InChI=1S/C10H21N5O2/c1-8(2)11-5-10-12-13-14-15(10)6-9(17-4)7-16-3/h8-9,11H,5-7H2,1-4H3. The molecule has 1 atom stereocenters. The number of hydrogen-bond donors (Lipinski definition) is 1. The fourth-order valence-corrected chi connectivity index (χ4v) is 1.36. The molecule has 0 aliphatic rings. The van der Waals surface area contributed by atoms with Gasteiger partial charge in [0.1, 0.15) is 6.10 Å². The minimum atomic E-state index is -0.0405. The third kappa shape index (κ3) is 4.76. The summed E-state index contributed by atoms with van der Waals surface area (Å²) in [5.41, 5.74) is 0. The van der Waals surface area contributed by atoms with Gasteiger partial charge in [0, 0.05) is 20.3 Å². The molecule has 7 heteroatoms. The lowest BCUT2D eigenvalue weighted by atomic mass is 10.3. The monoisotopic (exact) mass is 243 g/mol. The molecule has 0 amide bonds. The molecule has 1 heterocycles. The van der Waals surface area contributed by atoms with Gasteiger partial charge in [-0.25, -0.2) is 4.68 Å². The molecular weight excluding hydrogens is 222 g/mol. The predicted molar refractivity (Wildman–Crippen MR) is 62.5 cm³/mol. The average molecular weight is 243 g/mol. The Kier molecular flexibility index (Phi) is 6.03. The Balaban J connectivity index is 2.55. The van der Waals surface area contributed by atoms with E-state index in [2.05, 4.69) is 34.7 Å². The molecule has 0 spiro atoms. The zero-order valence-electron chi connectivity index (χ0n) is 10.9. The summed E-state index contributed by atoms with van der Waals surface area (Å²) in [6, 6.07) is 0.400. The van der Waals surface area contributed by atoms with E-state index in [9.17, 15) is 0 Å². The molecule has 0 fully saturated rings. The summed E-state index contributed by atoms with van der Waals surface area (Å²) in [4.78, 5) is 0. The molecule has 1 aromatic rings. The Labute approximate surface area is 101 Å². The van der Waals surface area contributed by atoms with Gasteiger partial charge in [-0.05, 0) is 10.4 Å². The minimum Gasteiger partial charge on any atom is -0.382 e. The van der Waals surface area contributed by atoms with Crippen molar-refractivity contribution in [2.75, 3.05) is 20.8 Å². The minimum absolute atomic E-state index is 0.0405. The summed E-state index contributed by atoms with van der Waals surface area (Å²) in [5.74, 6) is 0.803. The molecule has 98 valence electrons. The van der Waals surface area contributed by atoms with Crippen LogP contribution < -0.4 is 5.32 Å². The maximum absolute atomic E-state index is 5.28. The fourth-order valence-electron chi connectivity index (χ4n) is 1.36. The summed E-state index contributed by atoms with van der Waals surface area (Å²) in [5, 5.41) is 14.9. The van der Waals surface area contributed by atoms with Crippen LogP contribution in [-0.2, 0) is 22.6 Å². The topological polar surface area (TPSA) is 74.1 Å². The Hall–Kier alpha value is -1.05. The lowest BCUT2D eigenvalue weighted by Crippen LogP contribution is -2.28. The zero-order chi connectivity index (χ0) is 12.7. The summed E-state index contributed by atoms with van der Waals surface area (Å²) in [7, 11) is 3.30. The maximum atomic E-state index is 5.28. The second-order valence-corrected chi connectivity index (χ2v) is 4.13. The van der Waals surface area contributed by atoms with E-state index in [4.69, 9.17) is 9.47 Å². The lowest BCUT2D eigenvalue weighted by molar-refractivity contribution is 0.0155. The Morgan fingerprint density at radius 2 is 2.12 bits per heavy atom. The fraction of sp³-hybridized carbons (Fsp3) is 0.900. The van der Waals surface area contributed by atoms with E-state index in [1.807, 2.05) is 0 Å². The summed E-state index contributed by atoms with van der Waals surface area (Å²) in [6.07, 6.45) is -0.0405. The van der Waals surface area contributed by atoms with Gasteiger partial charge in [0.25, 0.3) is 0 Å². The molecule has 1 unspecified atom stereocenters. The molecule has 1 rings (SSSR count). The molecule has 1 aromatic heterocycles. The molecule has 17 heavy (non-hydrogen) atoms. The van der Waals surface area contributed by atoms with Gasteiger partial charge in [-0.15, -0.1) is 5.10 Å². The third-order valence-electron chi connectivity index (χ3n) is 2.34. The Morgan fingerprint density at radius 3 is 2.71 bits per heavy atom. The van der Waals surface area contributed by atoms with Crippen molar-refractivity contribution in [2.45, 2.75) is 39.1 Å². The van der Waals surface area contributed by atoms with E-state index < -0.39 is 0 Å². The van der Waals surface area contributed by atoms with E-state index in [-0.39, 0.29) is 6.10 Å². The number of nitrogens with zero attached hydrogens (tertiary/aromatic N) is 4. The number of rotatable bonds is 8. The molecule has 0 saturated carbocycles. The van der Waals surface area contributed by atoms with Crippen LogP contribution in [0.15, 0.2) is 0 Å². The average Bonchev–Trinajstić information content (AvgIpc) is 2.73. The summed E-state index contributed by atoms with van der Waals surface area (Å²) >= 11 is 0. The van der Waals surface area contributed by atoms with Crippen LogP contribution in [0.3, 0.4) is 0 Å². The van der Waals surface area contributed by atoms with E-state index in [1.165, 1.54) is 0 Å². The zero-order valence-corrected chi connectivity index (χ0v) is 10.9. The van der Waals surface area contributed by atoms with Gasteiger partial charge >= 0.3 is 0 Å². The van der Waals surface area contributed by atoms with Gasteiger partial charge in [0.15, 0.2) is 5.82 Å². The molecule has 7 nitrogen and oxygen atoms in total. The van der Waals surface area contributed by atoms with Gasteiger partial charge in [-0.2, -0.15) is 0 Å². The van der Waals surface area contributed by atoms with Crippen LogP contribution in [0.5, 0.6) is 0 Å². The molecule has 0 aliphatic carbocycles. The quantitative estimate of drug-likeness (QED) is 0.683. The molecule has 0 saturated heterocycles.